The van der Waals surface area contributed by atoms with Crippen LogP contribution in [-0.4, -0.2) is 159 Å². The molecule has 13 heteroatoms. The number of aliphatic hydroxyl groups excluding tert-OH is 3. The molecule has 0 rings (SSSR count). The second-order valence-electron chi connectivity index (χ2n) is 25.2. The van der Waals surface area contributed by atoms with E-state index in [0.717, 1.165) is 104 Å². The number of hydrogen-bond acceptors (Lipinski definition) is 10. The molecule has 13 nitrogen and oxygen atoms in total. The van der Waals surface area contributed by atoms with Gasteiger partial charge in [0.25, 0.3) is 0 Å². The molecule has 0 fully saturated rings. The molecule has 0 aromatic rings. The van der Waals surface area contributed by atoms with Gasteiger partial charge in [-0.25, -0.2) is 0 Å². The molecular weight excluding hydrogens is 1070 g/mol. The maximum atomic E-state index is 12.7. The fraction of sp³-hybridized carbons (Fsp3) is 0.959. The summed E-state index contributed by atoms with van der Waals surface area (Å²) in [6.07, 6.45) is 60.8. The minimum atomic E-state index is 0. The smallest absolute Gasteiger partial charge is 0.221 e. The summed E-state index contributed by atoms with van der Waals surface area (Å²) in [5.41, 5.74) is 0. The molecule has 516 valence electrons. The zero-order chi connectivity index (χ0) is 62.3. The van der Waals surface area contributed by atoms with E-state index in [-0.39, 0.29) is 45.0 Å². The van der Waals surface area contributed by atoms with Crippen molar-refractivity contribution in [1.29, 1.82) is 0 Å². The van der Waals surface area contributed by atoms with E-state index in [4.69, 9.17) is 5.11 Å². The molecule has 7 N–H and O–H groups in total. The van der Waals surface area contributed by atoms with E-state index < -0.39 is 0 Å². The predicted octanol–water partition coefficient (Wildman–Crippen LogP) is 16.2. The third-order valence-electron chi connectivity index (χ3n) is 17.0. The van der Waals surface area contributed by atoms with Crippen molar-refractivity contribution in [3.8, 4) is 0 Å². The van der Waals surface area contributed by atoms with Gasteiger partial charge in [-0.15, -0.1) is 0 Å². The molecule has 86 heavy (non-hydrogen) atoms. The summed E-state index contributed by atoms with van der Waals surface area (Å²) in [5, 5.41) is 40.4. The summed E-state index contributed by atoms with van der Waals surface area (Å²) in [4.78, 5) is 43.8. The van der Waals surface area contributed by atoms with Crippen LogP contribution in [0, 0.1) is 0 Å². The second kappa shape index (κ2) is 77.4. The van der Waals surface area contributed by atoms with Crippen LogP contribution in [0.25, 0.3) is 0 Å². The van der Waals surface area contributed by atoms with Gasteiger partial charge in [-0.3, -0.25) is 19.3 Å². The summed E-state index contributed by atoms with van der Waals surface area (Å²) in [6.45, 7) is 20.1. The molecule has 3 amide bonds. The van der Waals surface area contributed by atoms with Crippen molar-refractivity contribution >= 4 is 17.7 Å². The van der Waals surface area contributed by atoms with Crippen molar-refractivity contribution in [2.75, 3.05) is 111 Å². The first-order valence-electron chi connectivity index (χ1n) is 37.3. The summed E-state index contributed by atoms with van der Waals surface area (Å²) < 4.78 is 0. The van der Waals surface area contributed by atoms with E-state index in [1.807, 2.05) is 0 Å². The number of aliphatic hydroxyl groups is 3. The first-order valence-corrected chi connectivity index (χ1v) is 37.3. The Balaban J connectivity index is -0.00000178. The number of hydrogen-bond donors (Lipinski definition) is 7. The summed E-state index contributed by atoms with van der Waals surface area (Å²) in [6, 6.07) is 0. The highest BCUT2D eigenvalue weighted by Gasteiger charge is 2.13. The lowest BCUT2D eigenvalue weighted by molar-refractivity contribution is -0.122. The van der Waals surface area contributed by atoms with Gasteiger partial charge in [-0.1, -0.05) is 286 Å². The van der Waals surface area contributed by atoms with E-state index in [1.54, 1.807) is 0 Å². The SMILES string of the molecule is C.CCCCCCCCCCCCCCCCNC(=O)CCN(CCCN(CCO)CCO)CCC(=O)NCCCCCCCCCCCCCCCC.CCCCCCCCCCCCCCCCNC(=O)CCNCCCN(CCC)CCO. The van der Waals surface area contributed by atoms with Crippen LogP contribution in [0.5, 0.6) is 0 Å². The van der Waals surface area contributed by atoms with Crippen LogP contribution in [0.15, 0.2) is 0 Å². The Hall–Kier alpha value is -1.87. The van der Waals surface area contributed by atoms with E-state index >= 15 is 0 Å². The third-order valence-corrected chi connectivity index (χ3v) is 17.0. The topological polar surface area (TPSA) is 170 Å². The van der Waals surface area contributed by atoms with Crippen LogP contribution in [0.2, 0.25) is 0 Å². The average Bonchev–Trinajstić information content (AvgIpc) is 3.52. The van der Waals surface area contributed by atoms with Gasteiger partial charge in [0, 0.05) is 78.2 Å². The number of nitrogens with one attached hydrogen (secondary N) is 4. The Morgan fingerprint density at radius 1 is 0.244 bits per heavy atom. The van der Waals surface area contributed by atoms with E-state index in [2.05, 4.69) is 63.7 Å². The zero-order valence-electron chi connectivity index (χ0n) is 57.4. The van der Waals surface area contributed by atoms with Gasteiger partial charge >= 0.3 is 0 Å². The highest BCUT2D eigenvalue weighted by atomic mass is 16.3. The maximum Gasteiger partial charge on any atom is 0.221 e. The van der Waals surface area contributed by atoms with Crippen molar-refractivity contribution in [2.24, 2.45) is 0 Å². The Morgan fingerprint density at radius 3 is 0.767 bits per heavy atom. The molecule has 0 aliphatic carbocycles. The minimum absolute atomic E-state index is 0. The Kier molecular flexibility index (Phi) is 79.5. The van der Waals surface area contributed by atoms with E-state index in [1.165, 1.54) is 250 Å². The molecular formula is C73H153N7O6. The van der Waals surface area contributed by atoms with Crippen molar-refractivity contribution < 1.29 is 29.7 Å². The first-order chi connectivity index (χ1) is 41.8. The molecule has 0 bridgehead atoms. The van der Waals surface area contributed by atoms with Crippen LogP contribution in [-0.2, 0) is 14.4 Å². The molecule has 0 saturated carbocycles. The molecule has 0 unspecified atom stereocenters. The van der Waals surface area contributed by atoms with Gasteiger partial charge < -0.3 is 46.4 Å². The molecule has 0 saturated heterocycles. The van der Waals surface area contributed by atoms with Crippen LogP contribution < -0.4 is 21.3 Å². The molecule has 0 heterocycles. The van der Waals surface area contributed by atoms with Crippen molar-refractivity contribution in [1.82, 2.24) is 36.0 Å². The number of rotatable bonds is 70. The molecule has 0 aromatic heterocycles. The summed E-state index contributed by atoms with van der Waals surface area (Å²) in [7, 11) is 0. The summed E-state index contributed by atoms with van der Waals surface area (Å²) >= 11 is 0. The van der Waals surface area contributed by atoms with Crippen LogP contribution in [0.4, 0.5) is 0 Å². The fourth-order valence-corrected chi connectivity index (χ4v) is 11.4. The molecule has 0 aliphatic rings. The Morgan fingerprint density at radius 2 is 0.488 bits per heavy atom. The van der Waals surface area contributed by atoms with Gasteiger partial charge in [-0.05, 0) is 71.2 Å². The highest BCUT2D eigenvalue weighted by molar-refractivity contribution is 5.77. The van der Waals surface area contributed by atoms with Gasteiger partial charge in [0.1, 0.15) is 0 Å². The lowest BCUT2D eigenvalue weighted by atomic mass is 10.0. The lowest BCUT2D eigenvalue weighted by Gasteiger charge is -2.25. The van der Waals surface area contributed by atoms with Gasteiger partial charge in [0.15, 0.2) is 0 Å². The van der Waals surface area contributed by atoms with Crippen LogP contribution >= 0.6 is 0 Å². The molecule has 0 radical (unpaired) electrons. The van der Waals surface area contributed by atoms with E-state index in [0.29, 0.717) is 45.4 Å². The standard InChI is InChI=1S/C45H92N4O4.C27H57N3O2.CH4/c1-3-5-7-9-11-13-15-17-19-21-23-25-27-29-34-46-44(52)32-38-48(36-31-37-49(40-42-50)41-43-51)39-33-45(53)47-35-30-28-26-24-22-20-18-16-14-12-10-8-6-4-2;1-3-5-6-7-8-9-10-11-12-13-14-15-16-17-21-29-27(32)19-22-28-20-18-24-30(23-4-2)25-26-31;/h50-51H,3-43H2,1-2H3,(H,46,52)(H,47,53);28,31H,3-26H2,1-2H3,(H,29,32);1H4. The Labute approximate surface area is 535 Å². The molecule has 0 atom stereocenters. The summed E-state index contributed by atoms with van der Waals surface area (Å²) in [5.74, 6) is 0.350. The number of carbonyl (C=O) groups excluding carboxylic acids is 3. The van der Waals surface area contributed by atoms with Crippen molar-refractivity contribution in [3.63, 3.8) is 0 Å². The number of amides is 3. The number of unbranched alkanes of at least 4 members (excludes halogenated alkanes) is 39. The van der Waals surface area contributed by atoms with Gasteiger partial charge in [0.05, 0.1) is 19.8 Å². The molecule has 0 aromatic carbocycles. The average molecular weight is 1230 g/mol. The minimum Gasteiger partial charge on any atom is -0.395 e. The van der Waals surface area contributed by atoms with Crippen molar-refractivity contribution in [2.45, 2.75) is 343 Å². The third kappa shape index (κ3) is 72.9. The second-order valence-corrected chi connectivity index (χ2v) is 25.2. The quantitative estimate of drug-likeness (QED) is 0.0291. The van der Waals surface area contributed by atoms with Crippen LogP contribution in [0.3, 0.4) is 0 Å². The number of carbonyl (C=O) groups is 3. The molecule has 0 aliphatic heterocycles. The number of nitrogens with zero attached hydrogens (tertiary/aromatic N) is 3. The van der Waals surface area contributed by atoms with E-state index in [9.17, 15) is 24.6 Å². The lowest BCUT2D eigenvalue weighted by Crippen LogP contribution is -2.37. The molecule has 0 spiro atoms. The van der Waals surface area contributed by atoms with Gasteiger partial charge in [-0.2, -0.15) is 0 Å². The largest absolute Gasteiger partial charge is 0.395 e. The van der Waals surface area contributed by atoms with Gasteiger partial charge in [0.2, 0.25) is 17.7 Å². The monoisotopic (exact) mass is 1220 g/mol. The Bertz CT molecular complexity index is 1260. The fourth-order valence-electron chi connectivity index (χ4n) is 11.4. The highest BCUT2D eigenvalue weighted by Crippen LogP contribution is 2.16. The first kappa shape index (κ1) is 88.3. The predicted molar refractivity (Wildman–Crippen MR) is 374 cm³/mol. The zero-order valence-corrected chi connectivity index (χ0v) is 57.4. The normalized spacial score (nSPS) is 11.4. The maximum absolute atomic E-state index is 12.7. The van der Waals surface area contributed by atoms with Crippen molar-refractivity contribution in [3.05, 3.63) is 0 Å². The van der Waals surface area contributed by atoms with Crippen LogP contribution in [0.1, 0.15) is 343 Å².